The molecule has 3 aromatic rings. The first-order valence-corrected chi connectivity index (χ1v) is 13.5. The molecule has 1 fully saturated rings. The van der Waals surface area contributed by atoms with E-state index in [0.29, 0.717) is 5.92 Å². The summed E-state index contributed by atoms with van der Waals surface area (Å²) in [7, 11) is 4.13. The van der Waals surface area contributed by atoms with Crippen LogP contribution in [0.15, 0.2) is 116 Å². The van der Waals surface area contributed by atoms with Crippen molar-refractivity contribution in [3.8, 4) is 11.1 Å². The van der Waals surface area contributed by atoms with Gasteiger partial charge in [0, 0.05) is 55.9 Å². The minimum absolute atomic E-state index is 0.373. The van der Waals surface area contributed by atoms with Crippen molar-refractivity contribution in [1.29, 1.82) is 0 Å². The van der Waals surface area contributed by atoms with Crippen LogP contribution in [-0.4, -0.2) is 20.6 Å². The molecule has 1 heterocycles. The molecule has 1 saturated heterocycles. The van der Waals surface area contributed by atoms with E-state index in [1.54, 1.807) is 0 Å². The molecule has 1 aliphatic heterocycles. The zero-order valence-electron chi connectivity index (χ0n) is 23.2. The molecule has 3 aromatic carbocycles. The van der Waals surface area contributed by atoms with Crippen molar-refractivity contribution in [1.82, 2.24) is 5.32 Å². The van der Waals surface area contributed by atoms with Crippen LogP contribution in [0.4, 0.5) is 11.4 Å². The summed E-state index contributed by atoms with van der Waals surface area (Å²) >= 11 is 0. The largest absolute Gasteiger partial charge is 0.389 e. The number of nitrogens with one attached hydrogen (secondary N) is 1. The van der Waals surface area contributed by atoms with Gasteiger partial charge in [-0.05, 0) is 65.8 Å². The van der Waals surface area contributed by atoms with E-state index in [4.69, 9.17) is 0 Å². The number of allylic oxidation sites excluding steroid dienone is 4. The molecule has 1 unspecified atom stereocenters. The van der Waals surface area contributed by atoms with Crippen molar-refractivity contribution in [3.63, 3.8) is 0 Å². The van der Waals surface area contributed by atoms with E-state index in [-0.39, 0.29) is 0 Å². The van der Waals surface area contributed by atoms with Gasteiger partial charge in [-0.25, -0.2) is 0 Å². The SMILES string of the molecule is C=C(/C=C/c1cccc(N(Cc2ccc(-c3ccc(N(C)C)cc3)cc2)C(=C)C2CCNC(=C)C2)c1)CC. The normalized spacial score (nSPS) is 15.2. The highest BCUT2D eigenvalue weighted by Crippen LogP contribution is 2.33. The van der Waals surface area contributed by atoms with E-state index in [0.717, 1.165) is 55.0 Å². The number of nitrogens with zero attached hydrogens (tertiary/aromatic N) is 2. The fourth-order valence-corrected chi connectivity index (χ4v) is 4.82. The Hall–Kier alpha value is -3.98. The van der Waals surface area contributed by atoms with Crippen LogP contribution in [0, 0.1) is 5.92 Å². The first-order valence-electron chi connectivity index (χ1n) is 13.5. The summed E-state index contributed by atoms with van der Waals surface area (Å²) in [5, 5.41) is 3.39. The summed E-state index contributed by atoms with van der Waals surface area (Å²) in [5.41, 5.74) is 10.6. The molecule has 0 aromatic heterocycles. The van der Waals surface area contributed by atoms with Crippen molar-refractivity contribution >= 4 is 17.5 Å². The predicted octanol–water partition coefficient (Wildman–Crippen LogP) is 8.43. The highest BCUT2D eigenvalue weighted by Gasteiger charge is 2.23. The maximum atomic E-state index is 4.61. The van der Waals surface area contributed by atoms with Gasteiger partial charge in [-0.15, -0.1) is 0 Å². The Labute approximate surface area is 229 Å². The Bertz CT molecular complexity index is 1300. The highest BCUT2D eigenvalue weighted by molar-refractivity contribution is 5.67. The molecule has 38 heavy (non-hydrogen) atoms. The number of hydrogen-bond acceptors (Lipinski definition) is 3. The predicted molar refractivity (Wildman–Crippen MR) is 166 cm³/mol. The fraction of sp³-hybridized carbons (Fsp3) is 0.257. The maximum Gasteiger partial charge on any atom is 0.0478 e. The standard InChI is InChI=1S/C35H41N3/c1-7-26(2)11-12-29-9-8-10-35(24-29)38(28(4)33-21-22-36-27(3)23-33)25-30-13-15-31(16-14-30)32-17-19-34(20-18-32)37(5)6/h8-20,24,33,36H,2-4,7,21-23,25H2,1,5-6H3/b12-11+. The van der Waals surface area contributed by atoms with Crippen molar-refractivity contribution in [2.45, 2.75) is 32.7 Å². The summed E-state index contributed by atoms with van der Waals surface area (Å²) in [6.07, 6.45) is 7.20. The second-order valence-corrected chi connectivity index (χ2v) is 10.4. The third-order valence-corrected chi connectivity index (χ3v) is 7.34. The second-order valence-electron chi connectivity index (χ2n) is 10.4. The number of piperidine rings is 1. The molecule has 3 nitrogen and oxygen atoms in total. The van der Waals surface area contributed by atoms with Gasteiger partial charge in [0.05, 0.1) is 0 Å². The molecule has 0 amide bonds. The van der Waals surface area contributed by atoms with Gasteiger partial charge in [-0.1, -0.05) is 92.9 Å². The van der Waals surface area contributed by atoms with Crippen molar-refractivity contribution < 1.29 is 0 Å². The van der Waals surface area contributed by atoms with Crippen LogP contribution in [0.25, 0.3) is 17.2 Å². The Morgan fingerprint density at radius 1 is 0.947 bits per heavy atom. The molecule has 1 atom stereocenters. The van der Waals surface area contributed by atoms with E-state index in [9.17, 15) is 0 Å². The summed E-state index contributed by atoms with van der Waals surface area (Å²) in [4.78, 5) is 4.51. The highest BCUT2D eigenvalue weighted by atomic mass is 15.1. The monoisotopic (exact) mass is 503 g/mol. The van der Waals surface area contributed by atoms with Gasteiger partial charge < -0.3 is 15.1 Å². The van der Waals surface area contributed by atoms with Crippen LogP contribution in [0.5, 0.6) is 0 Å². The van der Waals surface area contributed by atoms with Crippen molar-refractivity contribution in [2.24, 2.45) is 5.92 Å². The summed E-state index contributed by atoms with van der Waals surface area (Å²) in [6.45, 7) is 16.8. The molecule has 0 spiro atoms. The molecule has 0 bridgehead atoms. The van der Waals surface area contributed by atoms with Crippen molar-refractivity contribution in [3.05, 3.63) is 127 Å². The molecule has 196 valence electrons. The number of anilines is 2. The van der Waals surface area contributed by atoms with Gasteiger partial charge in [0.25, 0.3) is 0 Å². The quantitative estimate of drug-likeness (QED) is 0.280. The van der Waals surface area contributed by atoms with Gasteiger partial charge in [-0.2, -0.15) is 0 Å². The Kier molecular flexibility index (Phi) is 8.91. The molecular weight excluding hydrogens is 462 g/mol. The fourth-order valence-electron chi connectivity index (χ4n) is 4.82. The smallest absolute Gasteiger partial charge is 0.0478 e. The zero-order chi connectivity index (χ0) is 27.1. The number of benzene rings is 3. The van der Waals surface area contributed by atoms with E-state index in [2.05, 4.69) is 141 Å². The van der Waals surface area contributed by atoms with Gasteiger partial charge in [0.2, 0.25) is 0 Å². The van der Waals surface area contributed by atoms with Gasteiger partial charge in [0.1, 0.15) is 0 Å². The lowest BCUT2D eigenvalue weighted by Gasteiger charge is -2.35. The van der Waals surface area contributed by atoms with Crippen LogP contribution in [-0.2, 0) is 6.54 Å². The van der Waals surface area contributed by atoms with Crippen LogP contribution in [0.2, 0.25) is 0 Å². The molecule has 0 aliphatic carbocycles. The lowest BCUT2D eigenvalue weighted by atomic mass is 9.92. The van der Waals surface area contributed by atoms with Gasteiger partial charge in [-0.3, -0.25) is 0 Å². The third kappa shape index (κ3) is 6.86. The second kappa shape index (κ2) is 12.5. The molecule has 3 heteroatoms. The molecule has 1 aliphatic rings. The summed E-state index contributed by atoms with van der Waals surface area (Å²) in [6, 6.07) is 26.4. The van der Waals surface area contributed by atoms with Crippen LogP contribution >= 0.6 is 0 Å². The van der Waals surface area contributed by atoms with E-state index >= 15 is 0 Å². The lowest BCUT2D eigenvalue weighted by molar-refractivity contribution is 0.461. The average molecular weight is 504 g/mol. The first-order chi connectivity index (χ1) is 18.3. The van der Waals surface area contributed by atoms with E-state index < -0.39 is 0 Å². The Morgan fingerprint density at radius 2 is 1.63 bits per heavy atom. The summed E-state index contributed by atoms with van der Waals surface area (Å²) < 4.78 is 0. The summed E-state index contributed by atoms with van der Waals surface area (Å²) in [5.74, 6) is 0.373. The van der Waals surface area contributed by atoms with Crippen LogP contribution in [0.3, 0.4) is 0 Å². The molecule has 0 saturated carbocycles. The first kappa shape index (κ1) is 27.1. The Balaban J connectivity index is 1.60. The number of hydrogen-bond donors (Lipinski definition) is 1. The Morgan fingerprint density at radius 3 is 2.26 bits per heavy atom. The maximum absolute atomic E-state index is 4.61. The van der Waals surface area contributed by atoms with Crippen LogP contribution < -0.4 is 15.1 Å². The van der Waals surface area contributed by atoms with E-state index in [1.165, 1.54) is 27.9 Å². The molecule has 4 rings (SSSR count). The third-order valence-electron chi connectivity index (χ3n) is 7.34. The van der Waals surface area contributed by atoms with Crippen molar-refractivity contribution in [2.75, 3.05) is 30.4 Å². The van der Waals surface area contributed by atoms with Gasteiger partial charge >= 0.3 is 0 Å². The van der Waals surface area contributed by atoms with Crippen LogP contribution in [0.1, 0.15) is 37.3 Å². The zero-order valence-corrected chi connectivity index (χ0v) is 23.2. The topological polar surface area (TPSA) is 18.5 Å². The number of rotatable bonds is 10. The minimum Gasteiger partial charge on any atom is -0.389 e. The average Bonchev–Trinajstić information content (AvgIpc) is 2.94. The molecule has 1 N–H and O–H groups in total. The van der Waals surface area contributed by atoms with E-state index in [1.807, 2.05) is 0 Å². The minimum atomic E-state index is 0.373. The molecular formula is C35H41N3. The molecule has 0 radical (unpaired) electrons. The lowest BCUT2D eigenvalue weighted by Crippen LogP contribution is -2.32. The van der Waals surface area contributed by atoms with Gasteiger partial charge in [0.15, 0.2) is 0 Å².